The molecule has 5 heteroatoms. The number of hydrogen-bond acceptors (Lipinski definition) is 5. The van der Waals surface area contributed by atoms with Gasteiger partial charge in [-0.3, -0.25) is 9.89 Å². The lowest BCUT2D eigenvalue weighted by Crippen LogP contribution is -2.39. The number of piperidine rings is 1. The highest BCUT2D eigenvalue weighted by Crippen LogP contribution is 2.39. The molecule has 2 heterocycles. The standard InChI is InChI=1S/C21H27N5/c1-21(15-25-19-11-18(19)17-5-3-2-4-6-17)7-9-26(10-8-21)14-16-12-23-20(22)24-13-16/h2-6,12-13,18H,7-11,14-15H2,1H3,(H2,22,23,24). The van der Waals surface area contributed by atoms with Crippen LogP contribution in [0, 0.1) is 5.41 Å². The summed E-state index contributed by atoms with van der Waals surface area (Å²) >= 11 is 0. The highest BCUT2D eigenvalue weighted by Gasteiger charge is 2.35. The summed E-state index contributed by atoms with van der Waals surface area (Å²) in [7, 11) is 0. The van der Waals surface area contributed by atoms with E-state index in [-0.39, 0.29) is 0 Å². The minimum absolute atomic E-state index is 0.324. The average molecular weight is 349 g/mol. The first kappa shape index (κ1) is 17.2. The lowest BCUT2D eigenvalue weighted by Gasteiger charge is -2.38. The predicted octanol–water partition coefficient (Wildman–Crippen LogP) is 3.29. The molecule has 5 nitrogen and oxygen atoms in total. The Morgan fingerprint density at radius 2 is 1.85 bits per heavy atom. The van der Waals surface area contributed by atoms with E-state index >= 15 is 0 Å². The molecule has 1 aliphatic heterocycles. The Bertz CT molecular complexity index is 761. The fourth-order valence-corrected chi connectivity index (χ4v) is 3.73. The van der Waals surface area contributed by atoms with Gasteiger partial charge in [0.2, 0.25) is 5.95 Å². The molecule has 1 unspecified atom stereocenters. The van der Waals surface area contributed by atoms with E-state index in [1.807, 2.05) is 12.4 Å². The molecule has 0 amide bonds. The maximum absolute atomic E-state index is 5.56. The molecule has 4 rings (SSSR count). The number of anilines is 1. The Labute approximate surface area is 155 Å². The van der Waals surface area contributed by atoms with Crippen LogP contribution in [-0.4, -0.2) is 40.2 Å². The minimum Gasteiger partial charge on any atom is -0.368 e. The summed E-state index contributed by atoms with van der Waals surface area (Å²) in [5.74, 6) is 0.915. The van der Waals surface area contributed by atoms with Gasteiger partial charge in [0, 0.05) is 42.7 Å². The average Bonchev–Trinajstić information content (AvgIpc) is 3.45. The Hall–Kier alpha value is -2.27. The molecule has 136 valence electrons. The Kier molecular flexibility index (Phi) is 4.72. The van der Waals surface area contributed by atoms with Crippen molar-refractivity contribution < 1.29 is 0 Å². The molecule has 0 spiro atoms. The van der Waals surface area contributed by atoms with Crippen molar-refractivity contribution in [2.45, 2.75) is 38.6 Å². The number of nitrogens with zero attached hydrogens (tertiary/aromatic N) is 4. The van der Waals surface area contributed by atoms with Gasteiger partial charge in [-0.25, -0.2) is 9.97 Å². The number of benzene rings is 1. The maximum Gasteiger partial charge on any atom is 0.219 e. The molecule has 2 aromatic rings. The second kappa shape index (κ2) is 7.16. The van der Waals surface area contributed by atoms with Crippen molar-refractivity contribution >= 4 is 11.7 Å². The summed E-state index contributed by atoms with van der Waals surface area (Å²) in [6, 6.07) is 10.7. The van der Waals surface area contributed by atoms with Crippen LogP contribution in [0.5, 0.6) is 0 Å². The number of rotatable bonds is 5. The number of nitrogen functional groups attached to an aromatic ring is 1. The molecule has 1 saturated heterocycles. The summed E-state index contributed by atoms with van der Waals surface area (Å²) in [6.07, 6.45) is 7.19. The Morgan fingerprint density at radius 3 is 2.54 bits per heavy atom. The molecule has 26 heavy (non-hydrogen) atoms. The molecule has 0 radical (unpaired) electrons. The van der Waals surface area contributed by atoms with Crippen molar-refractivity contribution in [3.8, 4) is 0 Å². The van der Waals surface area contributed by atoms with Gasteiger partial charge in [-0.1, -0.05) is 37.3 Å². The van der Waals surface area contributed by atoms with E-state index in [1.54, 1.807) is 0 Å². The first-order chi connectivity index (χ1) is 12.6. The molecular weight excluding hydrogens is 322 g/mol. The van der Waals surface area contributed by atoms with Gasteiger partial charge in [0.15, 0.2) is 0 Å². The van der Waals surface area contributed by atoms with Crippen molar-refractivity contribution in [3.05, 3.63) is 53.9 Å². The van der Waals surface area contributed by atoms with Crippen molar-refractivity contribution in [2.75, 3.05) is 25.4 Å². The lowest BCUT2D eigenvalue weighted by molar-refractivity contribution is 0.119. The SMILES string of the molecule is CC1(CN=C2CC2c2ccccc2)CCN(Cc2cnc(N)nc2)CC1. The van der Waals surface area contributed by atoms with Crippen LogP contribution in [0.3, 0.4) is 0 Å². The van der Waals surface area contributed by atoms with E-state index in [4.69, 9.17) is 10.7 Å². The monoisotopic (exact) mass is 349 g/mol. The number of nitrogens with two attached hydrogens (primary N) is 1. The number of aliphatic imine (C=N–C) groups is 1. The molecular formula is C21H27N5. The van der Waals surface area contributed by atoms with Gasteiger partial charge in [0.1, 0.15) is 0 Å². The quantitative estimate of drug-likeness (QED) is 0.899. The van der Waals surface area contributed by atoms with Crippen molar-refractivity contribution in [2.24, 2.45) is 10.4 Å². The molecule has 0 bridgehead atoms. The van der Waals surface area contributed by atoms with Gasteiger partial charge in [0.05, 0.1) is 0 Å². The predicted molar refractivity (Wildman–Crippen MR) is 105 cm³/mol. The lowest BCUT2D eigenvalue weighted by atomic mass is 9.80. The van der Waals surface area contributed by atoms with E-state index < -0.39 is 0 Å². The normalized spacial score (nSPS) is 23.9. The molecule has 1 aromatic carbocycles. The Balaban J connectivity index is 1.27. The van der Waals surface area contributed by atoms with Gasteiger partial charge in [-0.2, -0.15) is 0 Å². The first-order valence-electron chi connectivity index (χ1n) is 9.48. The summed E-state index contributed by atoms with van der Waals surface area (Å²) in [5.41, 5.74) is 9.81. The molecule has 1 atom stereocenters. The highest BCUT2D eigenvalue weighted by atomic mass is 15.1. The Morgan fingerprint density at radius 1 is 1.15 bits per heavy atom. The third-order valence-electron chi connectivity index (χ3n) is 5.72. The van der Waals surface area contributed by atoms with Crippen LogP contribution in [0.4, 0.5) is 5.95 Å². The van der Waals surface area contributed by atoms with Gasteiger partial charge < -0.3 is 5.73 Å². The van der Waals surface area contributed by atoms with Gasteiger partial charge in [-0.15, -0.1) is 0 Å². The second-order valence-corrected chi connectivity index (χ2v) is 8.01. The zero-order chi connectivity index (χ0) is 18.0. The van der Waals surface area contributed by atoms with E-state index in [1.165, 1.54) is 24.1 Å². The third-order valence-corrected chi connectivity index (χ3v) is 5.72. The number of likely N-dealkylation sites (tertiary alicyclic amines) is 1. The van der Waals surface area contributed by atoms with E-state index in [0.29, 0.717) is 17.3 Å². The second-order valence-electron chi connectivity index (χ2n) is 8.01. The van der Waals surface area contributed by atoms with Crippen molar-refractivity contribution in [3.63, 3.8) is 0 Å². The van der Waals surface area contributed by atoms with Gasteiger partial charge in [0.25, 0.3) is 0 Å². The number of hydrogen-bond donors (Lipinski definition) is 1. The molecule has 2 fully saturated rings. The van der Waals surface area contributed by atoms with E-state index in [0.717, 1.165) is 38.2 Å². The number of aromatic nitrogens is 2. The first-order valence-corrected chi connectivity index (χ1v) is 9.48. The fourth-order valence-electron chi connectivity index (χ4n) is 3.73. The van der Waals surface area contributed by atoms with Crippen molar-refractivity contribution in [1.82, 2.24) is 14.9 Å². The summed E-state index contributed by atoms with van der Waals surface area (Å²) in [5, 5.41) is 0. The van der Waals surface area contributed by atoms with Crippen LogP contribution >= 0.6 is 0 Å². The molecule has 1 aliphatic carbocycles. The van der Waals surface area contributed by atoms with Crippen LogP contribution in [0.2, 0.25) is 0 Å². The van der Waals surface area contributed by atoms with Crippen molar-refractivity contribution in [1.29, 1.82) is 0 Å². The zero-order valence-electron chi connectivity index (χ0n) is 15.4. The van der Waals surface area contributed by atoms with E-state index in [2.05, 4.69) is 52.1 Å². The smallest absolute Gasteiger partial charge is 0.219 e. The highest BCUT2D eigenvalue weighted by molar-refractivity contribution is 6.05. The van der Waals surface area contributed by atoms with Crippen LogP contribution in [0.25, 0.3) is 0 Å². The maximum atomic E-state index is 5.56. The molecule has 2 aliphatic rings. The van der Waals surface area contributed by atoms with Crippen LogP contribution in [0.15, 0.2) is 47.7 Å². The van der Waals surface area contributed by atoms with Crippen LogP contribution < -0.4 is 5.73 Å². The summed E-state index contributed by atoms with van der Waals surface area (Å²) < 4.78 is 0. The summed E-state index contributed by atoms with van der Waals surface area (Å²) in [4.78, 5) is 15.6. The third kappa shape index (κ3) is 4.10. The minimum atomic E-state index is 0.324. The van der Waals surface area contributed by atoms with E-state index in [9.17, 15) is 0 Å². The topological polar surface area (TPSA) is 67.4 Å². The molecule has 2 N–H and O–H groups in total. The zero-order valence-corrected chi connectivity index (χ0v) is 15.4. The van der Waals surface area contributed by atoms with Crippen LogP contribution in [-0.2, 0) is 6.54 Å². The fraction of sp³-hybridized carbons (Fsp3) is 0.476. The molecule has 1 saturated carbocycles. The van der Waals surface area contributed by atoms with Gasteiger partial charge >= 0.3 is 0 Å². The summed E-state index contributed by atoms with van der Waals surface area (Å²) in [6.45, 7) is 6.47. The van der Waals surface area contributed by atoms with Crippen LogP contribution in [0.1, 0.15) is 43.2 Å². The largest absolute Gasteiger partial charge is 0.368 e. The molecule has 1 aromatic heterocycles. The van der Waals surface area contributed by atoms with Gasteiger partial charge in [-0.05, 0) is 43.3 Å².